The molecule has 0 spiro atoms. The van der Waals surface area contributed by atoms with Crippen molar-refractivity contribution in [2.24, 2.45) is 5.10 Å². The van der Waals surface area contributed by atoms with Crippen LogP contribution in [0, 0.1) is 5.82 Å². The van der Waals surface area contributed by atoms with E-state index in [4.69, 9.17) is 4.42 Å². The summed E-state index contributed by atoms with van der Waals surface area (Å²) in [5.74, 6) is -0.771. The van der Waals surface area contributed by atoms with Gasteiger partial charge in [-0.3, -0.25) is 9.59 Å². The summed E-state index contributed by atoms with van der Waals surface area (Å²) in [5, 5.41) is 6.26. The zero-order valence-corrected chi connectivity index (χ0v) is 19.9. The van der Waals surface area contributed by atoms with Crippen molar-refractivity contribution in [3.8, 4) is 0 Å². The maximum Gasteiger partial charge on any atom is 0.280 e. The number of carbonyl (C=O) groups excluding carboxylic acids is 1. The van der Waals surface area contributed by atoms with E-state index >= 15 is 0 Å². The molecule has 1 aliphatic rings. The Labute approximate surface area is 209 Å². The van der Waals surface area contributed by atoms with E-state index in [-0.39, 0.29) is 27.8 Å². The standard InChI is InChI=1S/C28H20FN3O3S/c29-21-11-12-23-25(14-21)36-28(31-23)32(27(34)19-10-9-17-5-1-2-6-18(17)13-19)30-15-20-16-35-24-8-4-3-7-22(24)26(20)33/h3-4,7-16H,1-2,5-6H2/b30-15+. The first-order chi connectivity index (χ1) is 17.6. The lowest BCUT2D eigenvalue weighted by Gasteiger charge is -2.18. The second-order valence-electron chi connectivity index (χ2n) is 8.68. The number of hydrazone groups is 1. The van der Waals surface area contributed by atoms with Gasteiger partial charge in [-0.1, -0.05) is 29.5 Å². The number of aromatic nitrogens is 1. The number of carbonyl (C=O) groups is 1. The number of hydrogen-bond donors (Lipinski definition) is 0. The maximum atomic E-state index is 13.8. The zero-order chi connectivity index (χ0) is 24.6. The largest absolute Gasteiger partial charge is 0.463 e. The van der Waals surface area contributed by atoms with Crippen molar-refractivity contribution < 1.29 is 13.6 Å². The summed E-state index contributed by atoms with van der Waals surface area (Å²) in [5.41, 5.74) is 3.87. The minimum Gasteiger partial charge on any atom is -0.463 e. The fraction of sp³-hybridized carbons (Fsp3) is 0.143. The van der Waals surface area contributed by atoms with Gasteiger partial charge < -0.3 is 4.42 Å². The van der Waals surface area contributed by atoms with Crippen LogP contribution in [0.3, 0.4) is 0 Å². The second kappa shape index (κ2) is 9.13. The number of anilines is 1. The number of para-hydroxylation sites is 1. The fourth-order valence-electron chi connectivity index (χ4n) is 4.46. The molecule has 6 nitrogen and oxygen atoms in total. The van der Waals surface area contributed by atoms with E-state index in [0.717, 1.165) is 42.6 Å². The van der Waals surface area contributed by atoms with Crippen LogP contribution in [0.1, 0.15) is 39.9 Å². The van der Waals surface area contributed by atoms with E-state index in [1.807, 2.05) is 12.1 Å². The Morgan fingerprint density at radius 2 is 1.89 bits per heavy atom. The fourth-order valence-corrected chi connectivity index (χ4v) is 5.40. The predicted molar refractivity (Wildman–Crippen MR) is 140 cm³/mol. The highest BCUT2D eigenvalue weighted by atomic mass is 32.1. The summed E-state index contributed by atoms with van der Waals surface area (Å²) in [4.78, 5) is 31.2. The van der Waals surface area contributed by atoms with Crippen molar-refractivity contribution >= 4 is 49.8 Å². The zero-order valence-electron chi connectivity index (χ0n) is 19.1. The third-order valence-corrected chi connectivity index (χ3v) is 7.32. The molecule has 1 aliphatic carbocycles. The molecule has 8 heteroatoms. The van der Waals surface area contributed by atoms with Gasteiger partial charge in [-0.2, -0.15) is 10.1 Å². The first kappa shape index (κ1) is 22.3. The van der Waals surface area contributed by atoms with E-state index < -0.39 is 0 Å². The molecule has 0 radical (unpaired) electrons. The molecule has 3 aromatic carbocycles. The van der Waals surface area contributed by atoms with Crippen LogP contribution in [0.5, 0.6) is 0 Å². The minimum atomic E-state index is -0.387. The predicted octanol–water partition coefficient (Wildman–Crippen LogP) is 6.10. The smallest absolute Gasteiger partial charge is 0.280 e. The summed E-state index contributed by atoms with van der Waals surface area (Å²) in [6.45, 7) is 0. The van der Waals surface area contributed by atoms with Crippen LogP contribution in [-0.4, -0.2) is 17.1 Å². The van der Waals surface area contributed by atoms with Gasteiger partial charge in [0.25, 0.3) is 5.91 Å². The normalized spacial score (nSPS) is 13.4. The molecule has 1 amide bonds. The van der Waals surface area contributed by atoms with Gasteiger partial charge in [0.05, 0.1) is 27.4 Å². The summed E-state index contributed by atoms with van der Waals surface area (Å²) < 4.78 is 20.0. The lowest BCUT2D eigenvalue weighted by molar-refractivity contribution is 0.0987. The summed E-state index contributed by atoms with van der Waals surface area (Å²) >= 11 is 1.15. The molecule has 2 heterocycles. The topological polar surface area (TPSA) is 75.8 Å². The SMILES string of the molecule is O=C(c1ccc2c(c1)CCCC2)N(/N=C/c1coc2ccccc2c1=O)c1nc2ccc(F)cc2s1. The molecule has 0 N–H and O–H groups in total. The molecular formula is C28H20FN3O3S. The van der Waals surface area contributed by atoms with Crippen molar-refractivity contribution in [3.63, 3.8) is 0 Å². The van der Waals surface area contributed by atoms with Crippen molar-refractivity contribution in [1.29, 1.82) is 0 Å². The lowest BCUT2D eigenvalue weighted by atomic mass is 9.90. The third-order valence-electron chi connectivity index (χ3n) is 6.33. The minimum absolute atomic E-state index is 0.198. The summed E-state index contributed by atoms with van der Waals surface area (Å²) in [7, 11) is 0. The van der Waals surface area contributed by atoms with Gasteiger partial charge in [-0.05, 0) is 79.3 Å². The highest BCUT2D eigenvalue weighted by Gasteiger charge is 2.23. The molecule has 5 aromatic rings. The Kier molecular flexibility index (Phi) is 5.65. The summed E-state index contributed by atoms with van der Waals surface area (Å²) in [6, 6.07) is 16.9. The van der Waals surface area contributed by atoms with Gasteiger partial charge >= 0.3 is 0 Å². The molecule has 0 bridgehead atoms. The number of thiazole rings is 1. The molecule has 0 saturated carbocycles. The number of amides is 1. The van der Waals surface area contributed by atoms with Crippen LogP contribution in [0.4, 0.5) is 9.52 Å². The Morgan fingerprint density at radius 1 is 1.06 bits per heavy atom. The third kappa shape index (κ3) is 4.09. The molecule has 178 valence electrons. The van der Waals surface area contributed by atoms with E-state index in [1.165, 1.54) is 35.2 Å². The number of rotatable bonds is 4. The van der Waals surface area contributed by atoms with E-state index in [2.05, 4.69) is 10.1 Å². The second-order valence-corrected chi connectivity index (χ2v) is 9.69. The van der Waals surface area contributed by atoms with Crippen molar-refractivity contribution in [1.82, 2.24) is 4.98 Å². The van der Waals surface area contributed by atoms with Gasteiger partial charge in [0.15, 0.2) is 0 Å². The monoisotopic (exact) mass is 497 g/mol. The average molecular weight is 498 g/mol. The molecule has 0 atom stereocenters. The molecule has 0 fully saturated rings. The molecular weight excluding hydrogens is 477 g/mol. The van der Waals surface area contributed by atoms with Crippen LogP contribution in [0.25, 0.3) is 21.2 Å². The maximum absolute atomic E-state index is 13.8. The molecule has 0 unspecified atom stereocenters. The van der Waals surface area contributed by atoms with Gasteiger partial charge in [-0.15, -0.1) is 0 Å². The number of nitrogens with zero attached hydrogens (tertiary/aromatic N) is 3. The van der Waals surface area contributed by atoms with E-state index in [0.29, 0.717) is 26.7 Å². The Balaban J connectivity index is 1.43. The number of hydrogen-bond acceptors (Lipinski definition) is 6. The quantitative estimate of drug-likeness (QED) is 0.222. The van der Waals surface area contributed by atoms with Gasteiger partial charge in [0, 0.05) is 5.56 Å². The Morgan fingerprint density at radius 3 is 2.78 bits per heavy atom. The highest BCUT2D eigenvalue weighted by Crippen LogP contribution is 2.31. The summed E-state index contributed by atoms with van der Waals surface area (Å²) in [6.07, 6.45) is 6.80. The van der Waals surface area contributed by atoms with E-state index in [9.17, 15) is 14.0 Å². The van der Waals surface area contributed by atoms with Crippen LogP contribution in [0.15, 0.2) is 81.2 Å². The van der Waals surface area contributed by atoms with Gasteiger partial charge in [0.2, 0.25) is 10.6 Å². The highest BCUT2D eigenvalue weighted by molar-refractivity contribution is 7.22. The van der Waals surface area contributed by atoms with Crippen LogP contribution >= 0.6 is 11.3 Å². The van der Waals surface area contributed by atoms with E-state index in [1.54, 1.807) is 36.4 Å². The molecule has 36 heavy (non-hydrogen) atoms. The van der Waals surface area contributed by atoms with Crippen molar-refractivity contribution in [2.45, 2.75) is 25.7 Å². The Hall–Kier alpha value is -4.17. The van der Waals surface area contributed by atoms with Crippen LogP contribution < -0.4 is 10.4 Å². The average Bonchev–Trinajstić information content (AvgIpc) is 3.32. The van der Waals surface area contributed by atoms with Crippen LogP contribution in [0.2, 0.25) is 0 Å². The molecule has 6 rings (SSSR count). The van der Waals surface area contributed by atoms with Gasteiger partial charge in [0.1, 0.15) is 17.7 Å². The number of aryl methyl sites for hydroxylation is 2. The molecule has 2 aromatic heterocycles. The number of fused-ring (bicyclic) bond motifs is 3. The number of benzene rings is 3. The first-order valence-electron chi connectivity index (χ1n) is 11.6. The van der Waals surface area contributed by atoms with Crippen molar-refractivity contribution in [3.05, 3.63) is 105 Å². The van der Waals surface area contributed by atoms with Gasteiger partial charge in [-0.25, -0.2) is 9.37 Å². The molecule has 0 aliphatic heterocycles. The van der Waals surface area contributed by atoms with Crippen LogP contribution in [-0.2, 0) is 12.8 Å². The van der Waals surface area contributed by atoms with Crippen molar-refractivity contribution in [2.75, 3.05) is 5.01 Å². The Bertz CT molecular complexity index is 1720. The number of halogens is 1. The first-order valence-corrected chi connectivity index (χ1v) is 12.5. The molecule has 0 saturated heterocycles. The lowest BCUT2D eigenvalue weighted by Crippen LogP contribution is -2.26.